The van der Waals surface area contributed by atoms with Crippen molar-refractivity contribution in [3.05, 3.63) is 46.6 Å². The van der Waals surface area contributed by atoms with E-state index in [1.54, 1.807) is 11.8 Å². The van der Waals surface area contributed by atoms with Crippen molar-refractivity contribution in [1.29, 1.82) is 0 Å². The number of aromatic nitrogens is 2. The van der Waals surface area contributed by atoms with Gasteiger partial charge in [0.15, 0.2) is 5.82 Å². The van der Waals surface area contributed by atoms with Crippen LogP contribution in [0.15, 0.2) is 22.7 Å². The molecule has 148 valence electrons. The van der Waals surface area contributed by atoms with Crippen molar-refractivity contribution in [3.63, 3.8) is 0 Å². The Labute approximate surface area is 163 Å². The van der Waals surface area contributed by atoms with Gasteiger partial charge in [-0.15, -0.1) is 0 Å². The van der Waals surface area contributed by atoms with Crippen LogP contribution >= 0.6 is 0 Å². The van der Waals surface area contributed by atoms with Gasteiger partial charge in [-0.2, -0.15) is 4.98 Å². The van der Waals surface area contributed by atoms with Crippen LogP contribution < -0.4 is 5.32 Å². The number of benzene rings is 1. The average molecular weight is 384 g/mol. The van der Waals surface area contributed by atoms with E-state index in [0.29, 0.717) is 30.4 Å². The predicted molar refractivity (Wildman–Crippen MR) is 99.7 cm³/mol. The molecule has 1 saturated heterocycles. The Kier molecular flexibility index (Phi) is 5.13. The van der Waals surface area contributed by atoms with E-state index in [-0.39, 0.29) is 24.5 Å². The van der Waals surface area contributed by atoms with Gasteiger partial charge in [0, 0.05) is 12.1 Å². The second-order valence-electron chi connectivity index (χ2n) is 7.31. The molecule has 8 heteroatoms. The Morgan fingerprint density at radius 3 is 2.89 bits per heavy atom. The number of carbonyl (C=O) groups excluding carboxylic acids is 2. The third kappa shape index (κ3) is 3.64. The van der Waals surface area contributed by atoms with Crippen LogP contribution in [0.4, 0.5) is 0 Å². The Balaban J connectivity index is 1.42. The van der Waals surface area contributed by atoms with Crippen molar-refractivity contribution in [2.45, 2.75) is 45.3 Å². The number of carbonyl (C=O) groups is 2. The van der Waals surface area contributed by atoms with Gasteiger partial charge in [-0.3, -0.25) is 9.59 Å². The minimum absolute atomic E-state index is 0.0910. The predicted octanol–water partition coefficient (Wildman–Crippen LogP) is 1.59. The molecule has 1 N–H and O–H groups in total. The molecular weight excluding hydrogens is 360 g/mol. The molecular formula is C20H24N4O4. The number of ether oxygens (including phenoxy) is 1. The molecule has 0 spiro atoms. The summed E-state index contributed by atoms with van der Waals surface area (Å²) < 4.78 is 10.9. The number of rotatable bonds is 4. The van der Waals surface area contributed by atoms with E-state index in [2.05, 4.69) is 15.5 Å². The van der Waals surface area contributed by atoms with Gasteiger partial charge in [-0.05, 0) is 56.4 Å². The summed E-state index contributed by atoms with van der Waals surface area (Å²) in [6, 6.07) is 5.31. The molecule has 0 saturated carbocycles. The molecule has 1 aliphatic heterocycles. The summed E-state index contributed by atoms with van der Waals surface area (Å²) in [5.74, 6) is 0.410. The van der Waals surface area contributed by atoms with E-state index in [1.807, 2.05) is 25.1 Å². The molecule has 2 aliphatic rings. The van der Waals surface area contributed by atoms with E-state index in [1.165, 1.54) is 11.1 Å². The highest BCUT2D eigenvalue weighted by Crippen LogP contribution is 2.28. The van der Waals surface area contributed by atoms with Crippen LogP contribution in [0.3, 0.4) is 0 Å². The minimum atomic E-state index is -0.459. The zero-order chi connectivity index (χ0) is 19.7. The topological polar surface area (TPSA) is 97.6 Å². The van der Waals surface area contributed by atoms with E-state index in [0.717, 1.165) is 19.3 Å². The van der Waals surface area contributed by atoms with Crippen molar-refractivity contribution in [1.82, 2.24) is 20.4 Å². The maximum absolute atomic E-state index is 12.8. The highest BCUT2D eigenvalue weighted by atomic mass is 16.5. The Morgan fingerprint density at radius 2 is 2.11 bits per heavy atom. The fourth-order valence-corrected chi connectivity index (χ4v) is 3.94. The van der Waals surface area contributed by atoms with Gasteiger partial charge in [0.25, 0.3) is 11.8 Å². The summed E-state index contributed by atoms with van der Waals surface area (Å²) in [5.41, 5.74) is 3.13. The number of morpholine rings is 1. The SMILES string of the molecule is Cc1noc([C@@H]2[C@@H](C)OCCN2C(=O)CNC(=O)c2ccc3c(c2)CCC3)n1. The molecule has 2 heterocycles. The van der Waals surface area contributed by atoms with Crippen molar-refractivity contribution in [2.75, 3.05) is 19.7 Å². The van der Waals surface area contributed by atoms with E-state index in [9.17, 15) is 9.59 Å². The molecule has 1 aromatic carbocycles. The van der Waals surface area contributed by atoms with Crippen LogP contribution in [-0.2, 0) is 22.4 Å². The zero-order valence-corrected chi connectivity index (χ0v) is 16.1. The Bertz CT molecular complexity index is 894. The summed E-state index contributed by atoms with van der Waals surface area (Å²) in [6.07, 6.45) is 2.93. The van der Waals surface area contributed by atoms with Gasteiger partial charge in [-0.25, -0.2) is 0 Å². The average Bonchev–Trinajstić information content (AvgIpc) is 3.33. The quantitative estimate of drug-likeness (QED) is 0.860. The highest BCUT2D eigenvalue weighted by Gasteiger charge is 2.37. The Hall–Kier alpha value is -2.74. The van der Waals surface area contributed by atoms with Crippen LogP contribution in [0.25, 0.3) is 0 Å². The van der Waals surface area contributed by atoms with Gasteiger partial charge < -0.3 is 19.5 Å². The molecule has 1 aromatic heterocycles. The lowest BCUT2D eigenvalue weighted by Gasteiger charge is -2.37. The summed E-state index contributed by atoms with van der Waals surface area (Å²) in [5, 5.41) is 6.55. The maximum atomic E-state index is 12.8. The lowest BCUT2D eigenvalue weighted by Crippen LogP contribution is -2.50. The van der Waals surface area contributed by atoms with Crippen molar-refractivity contribution in [3.8, 4) is 0 Å². The van der Waals surface area contributed by atoms with Gasteiger partial charge in [0.05, 0.1) is 19.3 Å². The van der Waals surface area contributed by atoms with Crippen LogP contribution in [0.1, 0.15) is 52.6 Å². The number of aryl methyl sites for hydroxylation is 3. The van der Waals surface area contributed by atoms with Crippen LogP contribution in [0.5, 0.6) is 0 Å². The molecule has 0 bridgehead atoms. The minimum Gasteiger partial charge on any atom is -0.374 e. The van der Waals surface area contributed by atoms with Crippen LogP contribution in [0, 0.1) is 6.92 Å². The standard InChI is InChI=1S/C20H24N4O4/c1-12-18(20-22-13(2)23-28-20)24(8-9-27-12)17(25)11-21-19(26)16-7-6-14-4-3-5-15(14)10-16/h6-7,10,12,18H,3-5,8-9,11H2,1-2H3,(H,21,26)/t12-,18+/m1/s1. The molecule has 2 aromatic rings. The van der Waals surface area contributed by atoms with E-state index >= 15 is 0 Å². The molecule has 1 aliphatic carbocycles. The largest absolute Gasteiger partial charge is 0.374 e. The van der Waals surface area contributed by atoms with Crippen LogP contribution in [0.2, 0.25) is 0 Å². The first kappa shape index (κ1) is 18.6. The Morgan fingerprint density at radius 1 is 1.29 bits per heavy atom. The summed E-state index contributed by atoms with van der Waals surface area (Å²) >= 11 is 0. The molecule has 0 radical (unpaired) electrons. The molecule has 2 atom stereocenters. The van der Waals surface area contributed by atoms with Gasteiger partial charge >= 0.3 is 0 Å². The molecule has 2 amide bonds. The fourth-order valence-electron chi connectivity index (χ4n) is 3.94. The van der Waals surface area contributed by atoms with Crippen molar-refractivity contribution < 1.29 is 18.8 Å². The lowest BCUT2D eigenvalue weighted by molar-refractivity contribution is -0.146. The molecule has 0 unspecified atom stereocenters. The third-order valence-corrected chi connectivity index (χ3v) is 5.37. The first-order valence-corrected chi connectivity index (χ1v) is 9.64. The molecule has 8 nitrogen and oxygen atoms in total. The number of hydrogen-bond acceptors (Lipinski definition) is 6. The first-order chi connectivity index (χ1) is 13.5. The molecule has 28 heavy (non-hydrogen) atoms. The number of amides is 2. The third-order valence-electron chi connectivity index (χ3n) is 5.37. The first-order valence-electron chi connectivity index (χ1n) is 9.64. The highest BCUT2D eigenvalue weighted by molar-refractivity contribution is 5.96. The lowest BCUT2D eigenvalue weighted by atomic mass is 10.1. The van der Waals surface area contributed by atoms with E-state index < -0.39 is 6.04 Å². The zero-order valence-electron chi connectivity index (χ0n) is 16.1. The molecule has 4 rings (SSSR count). The number of nitrogens with zero attached hydrogens (tertiary/aromatic N) is 3. The molecule has 1 fully saturated rings. The van der Waals surface area contributed by atoms with E-state index in [4.69, 9.17) is 9.26 Å². The number of fused-ring (bicyclic) bond motifs is 1. The van der Waals surface area contributed by atoms with Crippen LogP contribution in [-0.4, -0.2) is 52.7 Å². The fraction of sp³-hybridized carbons (Fsp3) is 0.500. The van der Waals surface area contributed by atoms with Gasteiger partial charge in [0.2, 0.25) is 5.91 Å². The van der Waals surface area contributed by atoms with Gasteiger partial charge in [0.1, 0.15) is 6.04 Å². The van der Waals surface area contributed by atoms with Crippen molar-refractivity contribution in [2.24, 2.45) is 0 Å². The van der Waals surface area contributed by atoms with Gasteiger partial charge in [-0.1, -0.05) is 11.2 Å². The summed E-state index contributed by atoms with van der Waals surface area (Å²) in [6.45, 7) is 4.34. The smallest absolute Gasteiger partial charge is 0.252 e. The summed E-state index contributed by atoms with van der Waals surface area (Å²) in [4.78, 5) is 31.2. The van der Waals surface area contributed by atoms with Crippen molar-refractivity contribution >= 4 is 11.8 Å². The maximum Gasteiger partial charge on any atom is 0.252 e. The normalized spacial score (nSPS) is 21.4. The number of nitrogens with one attached hydrogen (secondary N) is 1. The monoisotopic (exact) mass is 384 g/mol. The number of hydrogen-bond donors (Lipinski definition) is 1. The summed E-state index contributed by atoms with van der Waals surface area (Å²) in [7, 11) is 0. The second kappa shape index (κ2) is 7.71. The second-order valence-corrected chi connectivity index (χ2v) is 7.31.